The lowest BCUT2D eigenvalue weighted by molar-refractivity contribution is 0.102. The van der Waals surface area contributed by atoms with E-state index < -0.39 is 10.0 Å². The number of ether oxygens (including phenoxy) is 1. The number of nitrogens with one attached hydrogen (secondary N) is 1. The molecule has 1 saturated heterocycles. The molecule has 0 unspecified atom stereocenters. The fourth-order valence-corrected chi connectivity index (χ4v) is 4.66. The van der Waals surface area contributed by atoms with Crippen molar-refractivity contribution in [3.63, 3.8) is 0 Å². The number of anilines is 1. The molecule has 0 aliphatic carbocycles. The predicted molar refractivity (Wildman–Crippen MR) is 109 cm³/mol. The molecule has 0 spiro atoms. The zero-order chi connectivity index (χ0) is 20.1. The van der Waals surface area contributed by atoms with E-state index >= 15 is 0 Å². The van der Waals surface area contributed by atoms with Gasteiger partial charge in [0.25, 0.3) is 5.91 Å². The van der Waals surface area contributed by atoms with Crippen LogP contribution in [-0.2, 0) is 10.0 Å². The van der Waals surface area contributed by atoms with Gasteiger partial charge in [-0.05, 0) is 62.1 Å². The van der Waals surface area contributed by atoms with E-state index in [0.717, 1.165) is 12.8 Å². The molecule has 0 atom stereocenters. The molecule has 150 valence electrons. The predicted octanol–water partition coefficient (Wildman–Crippen LogP) is 3.76. The van der Waals surface area contributed by atoms with Crippen LogP contribution < -0.4 is 10.1 Å². The summed E-state index contributed by atoms with van der Waals surface area (Å²) in [7, 11) is -3.51. The van der Waals surface area contributed by atoms with Gasteiger partial charge in [0.05, 0.1) is 11.5 Å². The Bertz CT molecular complexity index is 918. The number of hydrogen-bond acceptors (Lipinski definition) is 4. The minimum atomic E-state index is -3.51. The van der Waals surface area contributed by atoms with Crippen LogP contribution in [-0.4, -0.2) is 38.3 Å². The third-order valence-electron chi connectivity index (χ3n) is 4.90. The summed E-state index contributed by atoms with van der Waals surface area (Å²) in [5.41, 5.74) is 1.02. The number of nitrogens with zero attached hydrogens (tertiary/aromatic N) is 1. The van der Waals surface area contributed by atoms with Crippen LogP contribution in [0.3, 0.4) is 0 Å². The van der Waals surface area contributed by atoms with Crippen molar-refractivity contribution in [3.05, 3.63) is 54.1 Å². The maximum absolute atomic E-state index is 12.8. The molecule has 1 amide bonds. The van der Waals surface area contributed by atoms with Gasteiger partial charge >= 0.3 is 0 Å². The third kappa shape index (κ3) is 4.72. The summed E-state index contributed by atoms with van der Waals surface area (Å²) in [5, 5.41) is 2.80. The summed E-state index contributed by atoms with van der Waals surface area (Å²) < 4.78 is 32.5. The van der Waals surface area contributed by atoms with E-state index in [4.69, 9.17) is 4.74 Å². The summed E-state index contributed by atoms with van der Waals surface area (Å²) in [6.07, 6.45) is 1.75. The van der Waals surface area contributed by atoms with Crippen LogP contribution in [0.2, 0.25) is 0 Å². The zero-order valence-electron chi connectivity index (χ0n) is 16.2. The van der Waals surface area contributed by atoms with Crippen molar-refractivity contribution in [1.29, 1.82) is 0 Å². The van der Waals surface area contributed by atoms with Crippen molar-refractivity contribution in [3.8, 4) is 5.75 Å². The van der Waals surface area contributed by atoms with Crippen molar-refractivity contribution in [1.82, 2.24) is 4.31 Å². The molecular formula is C21H26N2O4S. The number of piperidine rings is 1. The van der Waals surface area contributed by atoms with E-state index in [1.807, 2.05) is 13.0 Å². The molecule has 7 heteroatoms. The van der Waals surface area contributed by atoms with Crippen molar-refractivity contribution in [2.45, 2.75) is 31.6 Å². The lowest BCUT2D eigenvalue weighted by atomic mass is 10.0. The first-order valence-electron chi connectivity index (χ1n) is 9.54. The molecule has 1 heterocycles. The molecule has 3 rings (SSSR count). The fourth-order valence-electron chi connectivity index (χ4n) is 3.19. The van der Waals surface area contributed by atoms with Crippen LogP contribution in [0.15, 0.2) is 53.4 Å². The van der Waals surface area contributed by atoms with E-state index in [1.54, 1.807) is 30.3 Å². The third-order valence-corrected chi connectivity index (χ3v) is 6.81. The van der Waals surface area contributed by atoms with Gasteiger partial charge in [-0.25, -0.2) is 8.42 Å². The van der Waals surface area contributed by atoms with Crippen molar-refractivity contribution < 1.29 is 17.9 Å². The van der Waals surface area contributed by atoms with Crippen LogP contribution in [0.1, 0.15) is 37.0 Å². The number of amides is 1. The highest BCUT2D eigenvalue weighted by atomic mass is 32.2. The van der Waals surface area contributed by atoms with Gasteiger partial charge in [0, 0.05) is 30.4 Å². The largest absolute Gasteiger partial charge is 0.494 e. The van der Waals surface area contributed by atoms with E-state index in [-0.39, 0.29) is 10.8 Å². The van der Waals surface area contributed by atoms with Gasteiger partial charge in [-0.15, -0.1) is 0 Å². The average Bonchev–Trinajstić information content (AvgIpc) is 2.69. The van der Waals surface area contributed by atoms with Gasteiger partial charge in [0.15, 0.2) is 0 Å². The summed E-state index contributed by atoms with van der Waals surface area (Å²) >= 11 is 0. The van der Waals surface area contributed by atoms with E-state index in [2.05, 4.69) is 12.2 Å². The second-order valence-electron chi connectivity index (χ2n) is 7.03. The molecule has 1 aliphatic heterocycles. The molecule has 0 aromatic heterocycles. The molecule has 0 bridgehead atoms. The molecule has 1 aliphatic rings. The first-order valence-corrected chi connectivity index (χ1v) is 11.0. The summed E-state index contributed by atoms with van der Waals surface area (Å²) in [4.78, 5) is 12.7. The smallest absolute Gasteiger partial charge is 0.255 e. The Morgan fingerprint density at radius 1 is 1.14 bits per heavy atom. The van der Waals surface area contributed by atoms with Crippen molar-refractivity contribution >= 4 is 21.6 Å². The van der Waals surface area contributed by atoms with E-state index in [0.29, 0.717) is 42.6 Å². The van der Waals surface area contributed by atoms with Crippen LogP contribution in [0.4, 0.5) is 5.69 Å². The van der Waals surface area contributed by atoms with Gasteiger partial charge in [-0.2, -0.15) is 4.31 Å². The summed E-state index contributed by atoms with van der Waals surface area (Å²) in [6.45, 7) is 5.67. The van der Waals surface area contributed by atoms with Gasteiger partial charge in [0.1, 0.15) is 5.75 Å². The highest BCUT2D eigenvalue weighted by Gasteiger charge is 2.28. The highest BCUT2D eigenvalue weighted by Crippen LogP contribution is 2.24. The first-order chi connectivity index (χ1) is 13.4. The van der Waals surface area contributed by atoms with E-state index in [1.165, 1.54) is 16.4 Å². The average molecular weight is 403 g/mol. The maximum Gasteiger partial charge on any atom is 0.255 e. The highest BCUT2D eigenvalue weighted by molar-refractivity contribution is 7.89. The Morgan fingerprint density at radius 3 is 2.46 bits per heavy atom. The minimum Gasteiger partial charge on any atom is -0.494 e. The lowest BCUT2D eigenvalue weighted by Crippen LogP contribution is -2.37. The monoisotopic (exact) mass is 402 g/mol. The van der Waals surface area contributed by atoms with E-state index in [9.17, 15) is 13.2 Å². The number of hydrogen-bond donors (Lipinski definition) is 1. The first kappa shape index (κ1) is 20.4. The molecule has 0 saturated carbocycles. The fraction of sp³-hybridized carbons (Fsp3) is 0.381. The molecule has 1 fully saturated rings. The molecule has 2 aromatic rings. The number of sulfonamides is 1. The summed E-state index contributed by atoms with van der Waals surface area (Å²) in [5.74, 6) is 0.931. The second kappa shape index (κ2) is 8.75. The standard InChI is InChI=1S/C21H26N2O4S/c1-3-27-19-6-4-5-18(15-19)22-21(24)17-7-9-20(10-8-17)28(25,26)23-13-11-16(2)12-14-23/h4-10,15-16H,3,11-14H2,1-2H3,(H,22,24). The van der Waals surface area contributed by atoms with Crippen molar-refractivity contribution in [2.75, 3.05) is 25.0 Å². The number of carbonyl (C=O) groups is 1. The molecule has 2 aromatic carbocycles. The molecule has 28 heavy (non-hydrogen) atoms. The zero-order valence-corrected chi connectivity index (χ0v) is 17.0. The van der Waals surface area contributed by atoms with Crippen LogP contribution in [0, 0.1) is 5.92 Å². The number of carbonyl (C=O) groups excluding carboxylic acids is 1. The Kier molecular flexibility index (Phi) is 6.36. The molecular weight excluding hydrogens is 376 g/mol. The maximum atomic E-state index is 12.8. The minimum absolute atomic E-state index is 0.219. The Balaban J connectivity index is 1.70. The topological polar surface area (TPSA) is 75.7 Å². The van der Waals surface area contributed by atoms with Crippen molar-refractivity contribution in [2.24, 2.45) is 5.92 Å². The second-order valence-corrected chi connectivity index (χ2v) is 8.96. The van der Waals surface area contributed by atoms with Gasteiger partial charge < -0.3 is 10.1 Å². The van der Waals surface area contributed by atoms with Crippen LogP contribution >= 0.6 is 0 Å². The normalized spacial score (nSPS) is 15.9. The van der Waals surface area contributed by atoms with Gasteiger partial charge in [-0.1, -0.05) is 13.0 Å². The summed E-state index contributed by atoms with van der Waals surface area (Å²) in [6, 6.07) is 13.2. The molecule has 6 nitrogen and oxygen atoms in total. The Hall–Kier alpha value is -2.38. The van der Waals surface area contributed by atoms with Crippen LogP contribution in [0.5, 0.6) is 5.75 Å². The SMILES string of the molecule is CCOc1cccc(NC(=O)c2ccc(S(=O)(=O)N3CCC(C)CC3)cc2)c1. The Labute approximate surface area is 166 Å². The lowest BCUT2D eigenvalue weighted by Gasteiger charge is -2.29. The molecule has 0 radical (unpaired) electrons. The van der Waals surface area contributed by atoms with Gasteiger partial charge in [-0.3, -0.25) is 4.79 Å². The van der Waals surface area contributed by atoms with Crippen LogP contribution in [0.25, 0.3) is 0 Å². The number of rotatable bonds is 6. The number of benzene rings is 2. The molecule has 1 N–H and O–H groups in total. The van der Waals surface area contributed by atoms with Gasteiger partial charge in [0.2, 0.25) is 10.0 Å². The Morgan fingerprint density at radius 2 is 1.82 bits per heavy atom. The quantitative estimate of drug-likeness (QED) is 0.798.